The zero-order valence-electron chi connectivity index (χ0n) is 7.22. The van der Waals surface area contributed by atoms with Crippen LogP contribution in [0.3, 0.4) is 0 Å². The van der Waals surface area contributed by atoms with Crippen molar-refractivity contribution in [1.82, 2.24) is 9.97 Å². The van der Waals surface area contributed by atoms with Crippen LogP contribution in [0.2, 0.25) is 5.02 Å². The Labute approximate surface area is 91.4 Å². The molecule has 2 rings (SSSR count). The van der Waals surface area contributed by atoms with Gasteiger partial charge in [-0.3, -0.25) is 0 Å². The van der Waals surface area contributed by atoms with Gasteiger partial charge in [0.2, 0.25) is 0 Å². The van der Waals surface area contributed by atoms with Crippen LogP contribution in [0, 0.1) is 0 Å². The highest BCUT2D eigenvalue weighted by molar-refractivity contribution is 7.99. The first kappa shape index (κ1) is 9.49. The topological polar surface area (TPSA) is 25.8 Å². The number of hydrogen-bond acceptors (Lipinski definition) is 3. The average Bonchev–Trinajstić information content (AvgIpc) is 2.23. The number of halogens is 1. The second-order valence-electron chi connectivity index (χ2n) is 2.63. The Morgan fingerprint density at radius 2 is 1.57 bits per heavy atom. The van der Waals surface area contributed by atoms with Crippen molar-refractivity contribution in [2.45, 2.75) is 9.79 Å². The van der Waals surface area contributed by atoms with E-state index in [-0.39, 0.29) is 0 Å². The quantitative estimate of drug-likeness (QED) is 0.780. The molecule has 0 aliphatic carbocycles. The fourth-order valence-electron chi connectivity index (χ4n) is 0.977. The molecule has 1 heterocycles. The third-order valence-electron chi connectivity index (χ3n) is 1.59. The van der Waals surface area contributed by atoms with E-state index in [1.807, 2.05) is 24.3 Å². The van der Waals surface area contributed by atoms with Gasteiger partial charge in [-0.1, -0.05) is 23.4 Å². The Balaban J connectivity index is 2.16. The largest absolute Gasteiger partial charge is 0.244 e. The lowest BCUT2D eigenvalue weighted by molar-refractivity contribution is 1.10. The van der Waals surface area contributed by atoms with Gasteiger partial charge >= 0.3 is 0 Å². The normalized spacial score (nSPS) is 10.1. The second-order valence-corrected chi connectivity index (χ2v) is 4.21. The van der Waals surface area contributed by atoms with Crippen molar-refractivity contribution >= 4 is 23.4 Å². The number of benzene rings is 1. The number of nitrogens with zero attached hydrogens (tertiary/aromatic N) is 2. The van der Waals surface area contributed by atoms with Crippen LogP contribution in [0.5, 0.6) is 0 Å². The first-order valence-corrected chi connectivity index (χ1v) is 5.22. The molecule has 0 amide bonds. The van der Waals surface area contributed by atoms with E-state index in [1.165, 1.54) is 6.33 Å². The van der Waals surface area contributed by atoms with Crippen molar-refractivity contribution < 1.29 is 0 Å². The predicted molar refractivity (Wildman–Crippen MR) is 57.6 cm³/mol. The van der Waals surface area contributed by atoms with Crippen LogP contribution >= 0.6 is 23.4 Å². The van der Waals surface area contributed by atoms with Gasteiger partial charge in [-0.25, -0.2) is 9.97 Å². The molecule has 0 bridgehead atoms. The lowest BCUT2D eigenvalue weighted by Crippen LogP contribution is -1.78. The maximum absolute atomic E-state index is 5.78. The van der Waals surface area contributed by atoms with Crippen molar-refractivity contribution in [1.29, 1.82) is 0 Å². The summed E-state index contributed by atoms with van der Waals surface area (Å²) in [6.45, 7) is 0. The molecule has 1 aromatic carbocycles. The molecule has 0 saturated heterocycles. The number of aromatic nitrogens is 2. The zero-order chi connectivity index (χ0) is 9.80. The molecule has 2 aromatic rings. The van der Waals surface area contributed by atoms with E-state index in [4.69, 9.17) is 11.6 Å². The molecule has 0 saturated carbocycles. The summed E-state index contributed by atoms with van der Waals surface area (Å²) in [6, 6.07) is 7.68. The minimum absolute atomic E-state index is 0.749. The Morgan fingerprint density at radius 3 is 2.21 bits per heavy atom. The number of hydrogen-bond donors (Lipinski definition) is 0. The molecule has 0 spiro atoms. The van der Waals surface area contributed by atoms with Crippen LogP contribution in [0.25, 0.3) is 0 Å². The molecular formula is C10H7ClN2S. The Morgan fingerprint density at radius 1 is 0.929 bits per heavy atom. The summed E-state index contributed by atoms with van der Waals surface area (Å²) in [7, 11) is 0. The monoisotopic (exact) mass is 222 g/mol. The zero-order valence-corrected chi connectivity index (χ0v) is 8.79. The van der Waals surface area contributed by atoms with Crippen LogP contribution < -0.4 is 0 Å². The summed E-state index contributed by atoms with van der Waals surface area (Å²) in [5.74, 6) is 0. The second kappa shape index (κ2) is 4.44. The van der Waals surface area contributed by atoms with Crippen molar-refractivity contribution in [2.24, 2.45) is 0 Å². The van der Waals surface area contributed by atoms with Crippen molar-refractivity contribution in [2.75, 3.05) is 0 Å². The van der Waals surface area contributed by atoms with Gasteiger partial charge in [-0.05, 0) is 24.3 Å². The van der Waals surface area contributed by atoms with Gasteiger partial charge in [0.05, 0.1) is 0 Å². The van der Waals surface area contributed by atoms with E-state index < -0.39 is 0 Å². The van der Waals surface area contributed by atoms with Gasteiger partial charge in [0.25, 0.3) is 0 Å². The molecule has 0 unspecified atom stereocenters. The lowest BCUT2D eigenvalue weighted by Gasteiger charge is -1.99. The third-order valence-corrected chi connectivity index (χ3v) is 2.79. The SMILES string of the molecule is Clc1ccc(Sc2cncnc2)cc1. The van der Waals surface area contributed by atoms with Crippen LogP contribution in [-0.2, 0) is 0 Å². The summed E-state index contributed by atoms with van der Waals surface area (Å²) >= 11 is 7.39. The van der Waals surface area contributed by atoms with Gasteiger partial charge in [0, 0.05) is 27.2 Å². The number of rotatable bonds is 2. The first-order valence-electron chi connectivity index (χ1n) is 4.03. The highest BCUT2D eigenvalue weighted by Gasteiger charge is 1.96. The highest BCUT2D eigenvalue weighted by Crippen LogP contribution is 2.26. The van der Waals surface area contributed by atoms with Gasteiger partial charge in [0.1, 0.15) is 6.33 Å². The molecule has 2 nitrogen and oxygen atoms in total. The van der Waals surface area contributed by atoms with E-state index in [0.717, 1.165) is 14.8 Å². The Kier molecular flexibility index (Phi) is 3.01. The predicted octanol–water partition coefficient (Wildman–Crippen LogP) is 3.28. The maximum atomic E-state index is 5.78. The van der Waals surface area contributed by atoms with Gasteiger partial charge in [-0.2, -0.15) is 0 Å². The molecule has 0 aliphatic rings. The van der Waals surface area contributed by atoms with Crippen molar-refractivity contribution in [3.63, 3.8) is 0 Å². The molecule has 0 aliphatic heterocycles. The average molecular weight is 223 g/mol. The van der Waals surface area contributed by atoms with Crippen LogP contribution in [-0.4, -0.2) is 9.97 Å². The van der Waals surface area contributed by atoms with Gasteiger partial charge in [-0.15, -0.1) is 0 Å². The molecule has 14 heavy (non-hydrogen) atoms. The molecular weight excluding hydrogens is 216 g/mol. The van der Waals surface area contributed by atoms with E-state index in [2.05, 4.69) is 9.97 Å². The van der Waals surface area contributed by atoms with Gasteiger partial charge in [0.15, 0.2) is 0 Å². The smallest absolute Gasteiger partial charge is 0.115 e. The molecule has 4 heteroatoms. The lowest BCUT2D eigenvalue weighted by atomic mass is 10.4. The van der Waals surface area contributed by atoms with Crippen LogP contribution in [0.1, 0.15) is 0 Å². The third kappa shape index (κ3) is 2.47. The molecule has 70 valence electrons. The fraction of sp³-hybridized carbons (Fsp3) is 0. The Hall–Kier alpha value is -1.06. The summed E-state index contributed by atoms with van der Waals surface area (Å²) in [5.41, 5.74) is 0. The fourth-order valence-corrected chi connectivity index (χ4v) is 1.87. The van der Waals surface area contributed by atoms with E-state index in [0.29, 0.717) is 0 Å². The van der Waals surface area contributed by atoms with Gasteiger partial charge < -0.3 is 0 Å². The molecule has 0 radical (unpaired) electrons. The molecule has 1 aromatic heterocycles. The summed E-state index contributed by atoms with van der Waals surface area (Å²) in [4.78, 5) is 10.0. The minimum Gasteiger partial charge on any atom is -0.244 e. The highest BCUT2D eigenvalue weighted by atomic mass is 35.5. The van der Waals surface area contributed by atoms with Crippen LogP contribution in [0.15, 0.2) is 52.8 Å². The van der Waals surface area contributed by atoms with E-state index in [1.54, 1.807) is 24.2 Å². The first-order chi connectivity index (χ1) is 6.84. The molecule has 0 N–H and O–H groups in total. The van der Waals surface area contributed by atoms with E-state index in [9.17, 15) is 0 Å². The van der Waals surface area contributed by atoms with Crippen molar-refractivity contribution in [3.05, 3.63) is 48.0 Å². The van der Waals surface area contributed by atoms with Crippen LogP contribution in [0.4, 0.5) is 0 Å². The summed E-state index contributed by atoms with van der Waals surface area (Å²) in [6.07, 6.45) is 5.09. The molecule has 0 atom stereocenters. The summed E-state index contributed by atoms with van der Waals surface area (Å²) in [5, 5.41) is 0.749. The summed E-state index contributed by atoms with van der Waals surface area (Å²) < 4.78 is 0. The molecule has 0 fully saturated rings. The van der Waals surface area contributed by atoms with Crippen molar-refractivity contribution in [3.8, 4) is 0 Å². The Bertz CT molecular complexity index is 402. The maximum Gasteiger partial charge on any atom is 0.115 e. The standard InChI is InChI=1S/C10H7ClN2S/c11-8-1-3-9(4-2-8)14-10-5-12-7-13-6-10/h1-7H. The van der Waals surface area contributed by atoms with E-state index >= 15 is 0 Å². The minimum atomic E-state index is 0.749.